The predicted octanol–water partition coefficient (Wildman–Crippen LogP) is 0.840. The number of aromatic hydroxyl groups is 1. The first-order chi connectivity index (χ1) is 11.1. The minimum absolute atomic E-state index is 0.00566. The van der Waals surface area contributed by atoms with Gasteiger partial charge in [0.15, 0.2) is 0 Å². The number of carbonyl (C=O) groups is 2. The summed E-state index contributed by atoms with van der Waals surface area (Å²) in [6.07, 6.45) is 2.11. The zero-order chi connectivity index (χ0) is 16.7. The molecule has 0 saturated carbocycles. The number of piperidine rings is 1. The summed E-state index contributed by atoms with van der Waals surface area (Å²) in [5.74, 6) is -0.573. The summed E-state index contributed by atoms with van der Waals surface area (Å²) >= 11 is 0. The van der Waals surface area contributed by atoms with E-state index in [9.17, 15) is 14.7 Å². The molecule has 2 rings (SSSR count). The number of carbonyl (C=O) groups excluding carboxylic acids is 2. The molecule has 0 bridgehead atoms. The minimum Gasteiger partial charge on any atom is -0.508 e. The molecule has 1 fully saturated rings. The highest BCUT2D eigenvalue weighted by atomic mass is 16.5. The summed E-state index contributed by atoms with van der Waals surface area (Å²) in [5.41, 5.74) is 0.911. The molecule has 6 nitrogen and oxygen atoms in total. The first kappa shape index (κ1) is 17.3. The van der Waals surface area contributed by atoms with Gasteiger partial charge in [-0.1, -0.05) is 12.1 Å². The molecule has 0 spiro atoms. The molecule has 1 aromatic carbocycles. The third-order valence-electron chi connectivity index (χ3n) is 4.19. The molecule has 1 aliphatic rings. The van der Waals surface area contributed by atoms with Crippen molar-refractivity contribution in [3.63, 3.8) is 0 Å². The van der Waals surface area contributed by atoms with Gasteiger partial charge in [0.1, 0.15) is 5.75 Å². The number of ether oxygens (including phenoxy) is 1. The van der Waals surface area contributed by atoms with Gasteiger partial charge in [-0.3, -0.25) is 9.59 Å². The molecule has 1 heterocycles. The Balaban J connectivity index is 1.91. The number of rotatable bonds is 6. The zero-order valence-corrected chi connectivity index (χ0v) is 13.4. The van der Waals surface area contributed by atoms with E-state index in [0.717, 1.165) is 31.5 Å². The third kappa shape index (κ3) is 5.25. The number of phenols is 1. The lowest BCUT2D eigenvalue weighted by atomic mass is 9.96. The second-order valence-electron chi connectivity index (χ2n) is 5.86. The van der Waals surface area contributed by atoms with Crippen molar-refractivity contribution in [1.29, 1.82) is 0 Å². The van der Waals surface area contributed by atoms with E-state index in [2.05, 4.69) is 10.6 Å². The Morgan fingerprint density at radius 3 is 2.57 bits per heavy atom. The van der Waals surface area contributed by atoms with E-state index >= 15 is 0 Å². The smallest absolute Gasteiger partial charge is 0.310 e. The van der Waals surface area contributed by atoms with Crippen molar-refractivity contribution >= 4 is 11.9 Å². The van der Waals surface area contributed by atoms with Crippen LogP contribution in [-0.2, 0) is 20.7 Å². The molecule has 1 amide bonds. The third-order valence-corrected chi connectivity index (χ3v) is 4.19. The Labute approximate surface area is 136 Å². The maximum atomic E-state index is 12.2. The van der Waals surface area contributed by atoms with E-state index < -0.39 is 5.92 Å². The highest BCUT2D eigenvalue weighted by Crippen LogP contribution is 2.15. The van der Waals surface area contributed by atoms with Gasteiger partial charge >= 0.3 is 5.97 Å². The maximum absolute atomic E-state index is 12.2. The van der Waals surface area contributed by atoms with Crippen molar-refractivity contribution in [3.05, 3.63) is 29.8 Å². The van der Waals surface area contributed by atoms with Crippen molar-refractivity contribution in [2.75, 3.05) is 26.7 Å². The van der Waals surface area contributed by atoms with Gasteiger partial charge in [-0.15, -0.1) is 0 Å². The minimum atomic E-state index is -0.435. The Kier molecular flexibility index (Phi) is 6.40. The average Bonchev–Trinajstić information content (AvgIpc) is 2.60. The van der Waals surface area contributed by atoms with Crippen molar-refractivity contribution < 1.29 is 19.4 Å². The number of methoxy groups -OCH3 is 1. The summed E-state index contributed by atoms with van der Waals surface area (Å²) in [6.45, 7) is 1.97. The Morgan fingerprint density at radius 2 is 1.96 bits per heavy atom. The number of benzene rings is 1. The fraction of sp³-hybridized carbons (Fsp3) is 0.529. The van der Waals surface area contributed by atoms with Gasteiger partial charge in [0.05, 0.1) is 13.0 Å². The maximum Gasteiger partial charge on any atom is 0.310 e. The molecule has 3 N–H and O–H groups in total. The summed E-state index contributed by atoms with van der Waals surface area (Å²) < 4.78 is 4.84. The quantitative estimate of drug-likeness (QED) is 0.676. The Hall–Kier alpha value is -2.08. The van der Waals surface area contributed by atoms with Crippen LogP contribution in [0, 0.1) is 11.8 Å². The SMILES string of the molecule is COC(=O)C(CNC(=O)C1CCNCC1)Cc1ccc(O)cc1. The Morgan fingerprint density at radius 1 is 1.30 bits per heavy atom. The molecule has 23 heavy (non-hydrogen) atoms. The van der Waals surface area contributed by atoms with Crippen LogP contribution in [0.4, 0.5) is 0 Å². The number of hydrogen-bond acceptors (Lipinski definition) is 5. The molecule has 1 aliphatic heterocycles. The fourth-order valence-corrected chi connectivity index (χ4v) is 2.77. The van der Waals surface area contributed by atoms with Crippen LogP contribution in [-0.4, -0.2) is 43.7 Å². The lowest BCUT2D eigenvalue weighted by Crippen LogP contribution is -2.41. The lowest BCUT2D eigenvalue weighted by molar-refractivity contribution is -0.145. The van der Waals surface area contributed by atoms with E-state index in [1.54, 1.807) is 24.3 Å². The molecule has 0 aliphatic carbocycles. The van der Waals surface area contributed by atoms with Gasteiger partial charge in [-0.05, 0) is 50.0 Å². The van der Waals surface area contributed by atoms with Gasteiger partial charge in [-0.25, -0.2) is 0 Å². The highest BCUT2D eigenvalue weighted by Gasteiger charge is 2.24. The summed E-state index contributed by atoms with van der Waals surface area (Å²) in [4.78, 5) is 24.1. The highest BCUT2D eigenvalue weighted by molar-refractivity contribution is 5.80. The number of hydrogen-bond donors (Lipinski definition) is 3. The standard InChI is InChI=1S/C17H24N2O4/c1-23-17(22)14(10-12-2-4-15(20)5-3-12)11-19-16(21)13-6-8-18-9-7-13/h2-5,13-14,18,20H,6-11H2,1H3,(H,19,21). The van der Waals surface area contributed by atoms with Crippen LogP contribution in [0.3, 0.4) is 0 Å². The zero-order valence-electron chi connectivity index (χ0n) is 13.4. The largest absolute Gasteiger partial charge is 0.508 e. The van der Waals surface area contributed by atoms with Crippen LogP contribution in [0.2, 0.25) is 0 Å². The van der Waals surface area contributed by atoms with Crippen molar-refractivity contribution in [3.8, 4) is 5.75 Å². The predicted molar refractivity (Wildman–Crippen MR) is 85.9 cm³/mol. The molecule has 1 saturated heterocycles. The van der Waals surface area contributed by atoms with E-state index in [1.165, 1.54) is 7.11 Å². The van der Waals surface area contributed by atoms with Crippen LogP contribution >= 0.6 is 0 Å². The number of esters is 1. The molecule has 126 valence electrons. The van der Waals surface area contributed by atoms with Crippen molar-refractivity contribution in [2.24, 2.45) is 11.8 Å². The van der Waals surface area contributed by atoms with Gasteiger partial charge in [0.2, 0.25) is 5.91 Å². The summed E-state index contributed by atoms with van der Waals surface area (Å²) in [5, 5.41) is 15.4. The molecule has 6 heteroatoms. The molecule has 0 radical (unpaired) electrons. The molecular formula is C17H24N2O4. The van der Waals surface area contributed by atoms with Gasteiger partial charge in [0, 0.05) is 12.5 Å². The fourth-order valence-electron chi connectivity index (χ4n) is 2.77. The molecular weight excluding hydrogens is 296 g/mol. The van der Waals surface area contributed by atoms with Crippen molar-refractivity contribution in [1.82, 2.24) is 10.6 Å². The van der Waals surface area contributed by atoms with E-state index in [4.69, 9.17) is 4.74 Å². The molecule has 1 aromatic rings. The first-order valence-corrected chi connectivity index (χ1v) is 7.94. The average molecular weight is 320 g/mol. The Bertz CT molecular complexity index is 524. The van der Waals surface area contributed by atoms with E-state index in [-0.39, 0.29) is 30.1 Å². The second-order valence-corrected chi connectivity index (χ2v) is 5.86. The molecule has 0 aromatic heterocycles. The van der Waals surface area contributed by atoms with Gasteiger partial charge in [-0.2, -0.15) is 0 Å². The van der Waals surface area contributed by atoms with Crippen LogP contribution in [0.5, 0.6) is 5.75 Å². The molecule has 1 atom stereocenters. The monoisotopic (exact) mass is 320 g/mol. The lowest BCUT2D eigenvalue weighted by Gasteiger charge is -2.23. The first-order valence-electron chi connectivity index (χ1n) is 7.94. The van der Waals surface area contributed by atoms with Crippen LogP contribution in [0.1, 0.15) is 18.4 Å². The summed E-state index contributed by atoms with van der Waals surface area (Å²) in [6, 6.07) is 6.69. The van der Waals surface area contributed by atoms with Crippen LogP contribution in [0.15, 0.2) is 24.3 Å². The normalized spacial score (nSPS) is 16.6. The number of nitrogens with one attached hydrogen (secondary N) is 2. The van der Waals surface area contributed by atoms with E-state index in [1.807, 2.05) is 0 Å². The van der Waals surface area contributed by atoms with Crippen molar-refractivity contribution in [2.45, 2.75) is 19.3 Å². The van der Waals surface area contributed by atoms with Crippen LogP contribution in [0.25, 0.3) is 0 Å². The second kappa shape index (κ2) is 8.53. The topological polar surface area (TPSA) is 87.7 Å². The van der Waals surface area contributed by atoms with Gasteiger partial charge in [0.25, 0.3) is 0 Å². The number of amides is 1. The molecule has 1 unspecified atom stereocenters. The van der Waals surface area contributed by atoms with Gasteiger partial charge < -0.3 is 20.5 Å². The summed E-state index contributed by atoms with van der Waals surface area (Å²) in [7, 11) is 1.35. The van der Waals surface area contributed by atoms with E-state index in [0.29, 0.717) is 6.42 Å². The van der Waals surface area contributed by atoms with Crippen LogP contribution < -0.4 is 10.6 Å². The number of phenolic OH excluding ortho intramolecular Hbond substituents is 1.